The molecule has 20 heavy (non-hydrogen) atoms. The van der Waals surface area contributed by atoms with Crippen LogP contribution in [0.3, 0.4) is 0 Å². The van der Waals surface area contributed by atoms with Gasteiger partial charge in [0.2, 0.25) is 0 Å². The molecule has 0 bridgehead atoms. The normalized spacial score (nSPS) is 10.6. The molecule has 0 atom stereocenters. The molecule has 0 radical (unpaired) electrons. The Balaban J connectivity index is 2.12. The van der Waals surface area contributed by atoms with E-state index in [9.17, 15) is 4.79 Å². The third-order valence-corrected chi connectivity index (χ3v) is 3.78. The second-order valence-electron chi connectivity index (χ2n) is 4.39. The largest absolute Gasteiger partial charge is 0.487 e. The first-order chi connectivity index (χ1) is 9.67. The second-order valence-corrected chi connectivity index (χ2v) is 5.24. The van der Waals surface area contributed by atoms with Crippen LogP contribution in [0.4, 0.5) is 0 Å². The number of halogens is 1. The Morgan fingerprint density at radius 2 is 2.15 bits per heavy atom. The van der Waals surface area contributed by atoms with Crippen LogP contribution in [0.2, 0.25) is 0 Å². The molecule has 1 aromatic heterocycles. The molecule has 2 aromatic rings. The Kier molecular flexibility index (Phi) is 4.95. The Labute approximate surface area is 126 Å². The first-order valence-electron chi connectivity index (χ1n) is 6.61. The smallest absolute Gasteiger partial charge is 0.151 e. The van der Waals surface area contributed by atoms with Crippen LogP contribution in [0.5, 0.6) is 5.75 Å². The number of aryl methyl sites for hydroxylation is 2. The molecule has 1 aromatic carbocycles. The maximum absolute atomic E-state index is 10.9. The van der Waals surface area contributed by atoms with Crippen LogP contribution >= 0.6 is 15.9 Å². The molecule has 0 saturated heterocycles. The molecular formula is C15H17BrN2O2. The summed E-state index contributed by atoms with van der Waals surface area (Å²) in [5, 5.41) is 4.48. The number of hydrogen-bond acceptors (Lipinski definition) is 3. The maximum Gasteiger partial charge on any atom is 0.151 e. The van der Waals surface area contributed by atoms with Gasteiger partial charge in [-0.15, -0.1) is 0 Å². The number of aromatic nitrogens is 2. The first-order valence-corrected chi connectivity index (χ1v) is 7.40. The van der Waals surface area contributed by atoms with E-state index in [1.807, 2.05) is 16.8 Å². The molecule has 1 heterocycles. The molecule has 106 valence electrons. The zero-order valence-corrected chi connectivity index (χ0v) is 13.2. The lowest BCUT2D eigenvalue weighted by molar-refractivity contribution is 0.112. The van der Waals surface area contributed by atoms with Gasteiger partial charge in [-0.2, -0.15) is 5.10 Å². The number of rotatable bonds is 6. The zero-order chi connectivity index (χ0) is 14.5. The van der Waals surface area contributed by atoms with Gasteiger partial charge < -0.3 is 4.74 Å². The molecule has 0 saturated carbocycles. The Morgan fingerprint density at radius 1 is 1.35 bits per heavy atom. The highest BCUT2D eigenvalue weighted by Crippen LogP contribution is 2.22. The van der Waals surface area contributed by atoms with E-state index in [1.54, 1.807) is 6.07 Å². The van der Waals surface area contributed by atoms with Crippen LogP contribution in [0.1, 0.15) is 35.6 Å². The number of carbonyl (C=O) groups excluding carboxylic acids is 1. The standard InChI is InChI=1S/C15H17BrN2O2/c1-3-12-8-13(18(4-2)17-12)10-20-14-5-6-15(16)11(7-14)9-19/h5-9H,3-4,10H2,1-2H3. The molecule has 0 aliphatic rings. The maximum atomic E-state index is 10.9. The van der Waals surface area contributed by atoms with Crippen molar-refractivity contribution in [1.82, 2.24) is 9.78 Å². The Hall–Kier alpha value is -1.62. The van der Waals surface area contributed by atoms with Gasteiger partial charge in [0.25, 0.3) is 0 Å². The van der Waals surface area contributed by atoms with Crippen molar-refractivity contribution in [3.05, 3.63) is 45.7 Å². The summed E-state index contributed by atoms with van der Waals surface area (Å²) in [5.74, 6) is 0.678. The molecule has 2 rings (SSSR count). The fourth-order valence-electron chi connectivity index (χ4n) is 1.94. The summed E-state index contributed by atoms with van der Waals surface area (Å²) in [7, 11) is 0. The quantitative estimate of drug-likeness (QED) is 0.756. The van der Waals surface area contributed by atoms with E-state index in [4.69, 9.17) is 4.74 Å². The highest BCUT2D eigenvalue weighted by molar-refractivity contribution is 9.10. The Bertz CT molecular complexity index is 608. The fraction of sp³-hybridized carbons (Fsp3) is 0.333. The van der Waals surface area contributed by atoms with Gasteiger partial charge in [-0.05, 0) is 37.6 Å². The molecule has 5 heteroatoms. The molecule has 0 spiro atoms. The van der Waals surface area contributed by atoms with Crippen molar-refractivity contribution in [2.75, 3.05) is 0 Å². The second kappa shape index (κ2) is 6.70. The molecule has 4 nitrogen and oxygen atoms in total. The van der Waals surface area contributed by atoms with E-state index in [2.05, 4.69) is 40.9 Å². The number of aldehydes is 1. The van der Waals surface area contributed by atoms with Crippen molar-refractivity contribution in [2.24, 2.45) is 0 Å². The predicted octanol–water partition coefficient (Wildman–Crippen LogP) is 3.62. The zero-order valence-electron chi connectivity index (χ0n) is 11.6. The van der Waals surface area contributed by atoms with Gasteiger partial charge in [0, 0.05) is 16.6 Å². The van der Waals surface area contributed by atoms with E-state index in [0.717, 1.165) is 35.1 Å². The highest BCUT2D eigenvalue weighted by Gasteiger charge is 2.07. The van der Waals surface area contributed by atoms with Crippen LogP contribution in [0, 0.1) is 0 Å². The van der Waals surface area contributed by atoms with Crippen molar-refractivity contribution < 1.29 is 9.53 Å². The SMILES string of the molecule is CCc1cc(COc2ccc(Br)c(C=O)c2)n(CC)n1. The van der Waals surface area contributed by atoms with E-state index >= 15 is 0 Å². The minimum absolute atomic E-state index is 0.445. The van der Waals surface area contributed by atoms with E-state index in [0.29, 0.717) is 17.9 Å². The number of benzene rings is 1. The van der Waals surface area contributed by atoms with Gasteiger partial charge in [0.15, 0.2) is 6.29 Å². The van der Waals surface area contributed by atoms with Crippen LogP contribution in [0.25, 0.3) is 0 Å². The van der Waals surface area contributed by atoms with E-state index in [1.165, 1.54) is 0 Å². The van der Waals surface area contributed by atoms with Gasteiger partial charge in [0.1, 0.15) is 12.4 Å². The van der Waals surface area contributed by atoms with Gasteiger partial charge in [-0.25, -0.2) is 0 Å². The summed E-state index contributed by atoms with van der Waals surface area (Å²) in [5.41, 5.74) is 2.69. The number of nitrogens with zero attached hydrogens (tertiary/aromatic N) is 2. The molecule has 0 unspecified atom stereocenters. The lowest BCUT2D eigenvalue weighted by Crippen LogP contribution is -2.06. The molecule has 0 N–H and O–H groups in total. The van der Waals surface area contributed by atoms with Gasteiger partial charge in [0.05, 0.1) is 11.4 Å². The summed E-state index contributed by atoms with van der Waals surface area (Å²) in [6.45, 7) is 5.40. The molecular weight excluding hydrogens is 320 g/mol. The minimum atomic E-state index is 0.445. The minimum Gasteiger partial charge on any atom is -0.487 e. The van der Waals surface area contributed by atoms with Gasteiger partial charge in [-0.1, -0.05) is 22.9 Å². The van der Waals surface area contributed by atoms with Crippen molar-refractivity contribution in [1.29, 1.82) is 0 Å². The average molecular weight is 337 g/mol. The predicted molar refractivity (Wildman–Crippen MR) is 81.1 cm³/mol. The average Bonchev–Trinajstić information content (AvgIpc) is 2.88. The van der Waals surface area contributed by atoms with E-state index in [-0.39, 0.29) is 0 Å². The van der Waals surface area contributed by atoms with Crippen LogP contribution in [-0.4, -0.2) is 16.1 Å². The van der Waals surface area contributed by atoms with Crippen LogP contribution < -0.4 is 4.74 Å². The van der Waals surface area contributed by atoms with Crippen molar-refractivity contribution in [3.63, 3.8) is 0 Å². The van der Waals surface area contributed by atoms with Gasteiger partial charge in [-0.3, -0.25) is 9.48 Å². The number of ether oxygens (including phenoxy) is 1. The Morgan fingerprint density at radius 3 is 2.80 bits per heavy atom. The third-order valence-electron chi connectivity index (χ3n) is 3.06. The summed E-state index contributed by atoms with van der Waals surface area (Å²) in [6.07, 6.45) is 1.72. The lowest BCUT2D eigenvalue weighted by atomic mass is 10.2. The van der Waals surface area contributed by atoms with Crippen LogP contribution in [0.15, 0.2) is 28.7 Å². The molecule has 0 amide bonds. The van der Waals surface area contributed by atoms with Crippen molar-refractivity contribution >= 4 is 22.2 Å². The first kappa shape index (κ1) is 14.8. The number of hydrogen-bond donors (Lipinski definition) is 0. The highest BCUT2D eigenvalue weighted by atomic mass is 79.9. The fourth-order valence-corrected chi connectivity index (χ4v) is 2.28. The monoisotopic (exact) mass is 336 g/mol. The lowest BCUT2D eigenvalue weighted by Gasteiger charge is -2.08. The summed E-state index contributed by atoms with van der Waals surface area (Å²) in [6, 6.07) is 7.44. The summed E-state index contributed by atoms with van der Waals surface area (Å²) in [4.78, 5) is 10.9. The molecule has 0 aliphatic heterocycles. The van der Waals surface area contributed by atoms with Crippen molar-refractivity contribution in [3.8, 4) is 5.75 Å². The van der Waals surface area contributed by atoms with Gasteiger partial charge >= 0.3 is 0 Å². The summed E-state index contributed by atoms with van der Waals surface area (Å²) < 4.78 is 8.46. The van der Waals surface area contributed by atoms with E-state index < -0.39 is 0 Å². The molecule has 0 fully saturated rings. The number of carbonyl (C=O) groups is 1. The summed E-state index contributed by atoms with van der Waals surface area (Å²) >= 11 is 3.32. The third kappa shape index (κ3) is 3.28. The topological polar surface area (TPSA) is 44.1 Å². The molecule has 0 aliphatic carbocycles. The van der Waals surface area contributed by atoms with Crippen LogP contribution in [-0.2, 0) is 19.6 Å². The van der Waals surface area contributed by atoms with Crippen molar-refractivity contribution in [2.45, 2.75) is 33.4 Å².